The number of rotatable bonds is 3. The van der Waals surface area contributed by atoms with Crippen molar-refractivity contribution in [1.29, 1.82) is 0 Å². The second kappa shape index (κ2) is 11.4. The largest absolute Gasteiger partial charge is 0.504 e. The SMILES string of the molecule is O=C(O)[C@H]1O[C@@H](O[C@H]2C=C[C@H]3[C@@H]4CCC[C@@]35c3c(ccc(O)c3O[C@@H]25)C4)[C@H](O)[C@@H](O)[C@@H]1O.Oc1ccc2c3c1O[C@H]1[C@@H](O)C=C[C@H]4[C@H](CCC[C@@]341)C2. The standard InChI is InChI=1S/C23H26O9.C17H18O3/c24-12-5-3-10-8-9-2-1-7-23-11(9)4-6-13(20(23)31-18(12)14(10)23)30-22-17(27)15(25)16(26)19(32-22)21(28)29;18-12-5-3-10-8-9-2-1-7-17-11(9)4-6-13(19)16(17)20-15(12)14(10)17/h3-6,9,11,13,15-17,19-20,22,24-27H,1-2,7-8H2,(H,28,29);3-6,9,11,13,16,18-19H,1-2,7-8H2/t9-,11+,13+,15+,16+,17-,19+,20+,22-,23+;9-,11+,13+,16+,17+/m11/s1. The van der Waals surface area contributed by atoms with E-state index in [1.807, 2.05) is 18.2 Å². The van der Waals surface area contributed by atoms with Crippen LogP contribution in [-0.2, 0) is 37.9 Å². The molecule has 2 aromatic rings. The summed E-state index contributed by atoms with van der Waals surface area (Å²) in [5.74, 6) is 1.75. The predicted molar refractivity (Wildman–Crippen MR) is 181 cm³/mol. The van der Waals surface area contributed by atoms with Gasteiger partial charge in [-0.15, -0.1) is 0 Å². The lowest BCUT2D eigenvalue weighted by Gasteiger charge is -2.54. The number of benzene rings is 2. The van der Waals surface area contributed by atoms with E-state index in [0.29, 0.717) is 29.3 Å². The number of allylic oxidation sites excluding steroid dienone is 2. The Balaban J connectivity index is 0.000000144. The highest BCUT2D eigenvalue weighted by molar-refractivity contribution is 5.73. The molecule has 9 aliphatic rings. The number of phenolic OH excluding ortho intramolecular Hbond substituents is 2. The molecular formula is C40H44O12. The molecular weight excluding hydrogens is 672 g/mol. The van der Waals surface area contributed by atoms with E-state index in [1.165, 1.54) is 29.5 Å². The number of carbonyl (C=O) groups is 1. The highest BCUT2D eigenvalue weighted by atomic mass is 16.7. The summed E-state index contributed by atoms with van der Waals surface area (Å²) < 4.78 is 23.8. The molecule has 52 heavy (non-hydrogen) atoms. The molecule has 11 rings (SSSR count). The van der Waals surface area contributed by atoms with Crippen LogP contribution in [0.15, 0.2) is 48.6 Å². The van der Waals surface area contributed by atoms with E-state index < -0.39 is 55.0 Å². The van der Waals surface area contributed by atoms with E-state index in [9.17, 15) is 40.5 Å². The summed E-state index contributed by atoms with van der Waals surface area (Å²) in [4.78, 5) is 11.5. The number of carboxylic acids is 1. The van der Waals surface area contributed by atoms with E-state index in [-0.39, 0.29) is 34.4 Å². The zero-order valence-electron chi connectivity index (χ0n) is 28.5. The molecule has 6 aliphatic carbocycles. The fraction of sp³-hybridized carbons (Fsp3) is 0.575. The molecule has 2 spiro atoms. The third kappa shape index (κ3) is 4.22. The number of aromatic hydroxyl groups is 2. The monoisotopic (exact) mass is 716 g/mol. The van der Waals surface area contributed by atoms with E-state index in [4.69, 9.17) is 18.9 Å². The number of aliphatic hydroxyl groups is 4. The van der Waals surface area contributed by atoms with Gasteiger partial charge in [0.05, 0.1) is 0 Å². The van der Waals surface area contributed by atoms with E-state index >= 15 is 0 Å². The molecule has 2 aromatic carbocycles. The van der Waals surface area contributed by atoms with Gasteiger partial charge in [0.2, 0.25) is 0 Å². The van der Waals surface area contributed by atoms with Gasteiger partial charge in [0.25, 0.3) is 0 Å². The van der Waals surface area contributed by atoms with Crippen molar-refractivity contribution in [2.45, 2.75) is 117 Å². The van der Waals surface area contributed by atoms with E-state index in [2.05, 4.69) is 18.2 Å². The lowest BCUT2D eigenvalue weighted by Crippen LogP contribution is -2.63. The minimum Gasteiger partial charge on any atom is -0.504 e. The lowest BCUT2D eigenvalue weighted by atomic mass is 9.50. The lowest BCUT2D eigenvalue weighted by molar-refractivity contribution is -0.307. The fourth-order valence-electron chi connectivity index (χ4n) is 12.2. The van der Waals surface area contributed by atoms with Crippen molar-refractivity contribution >= 4 is 5.97 Å². The first-order valence-corrected chi connectivity index (χ1v) is 18.7. The summed E-state index contributed by atoms with van der Waals surface area (Å²) in [5.41, 5.74) is 4.25. The molecule has 4 bridgehead atoms. The van der Waals surface area contributed by atoms with Crippen molar-refractivity contribution in [3.05, 3.63) is 70.8 Å². The summed E-state index contributed by atoms with van der Waals surface area (Å²) in [6.45, 7) is 0. The highest BCUT2D eigenvalue weighted by Gasteiger charge is 2.65. The second-order valence-corrected chi connectivity index (χ2v) is 16.4. The first-order chi connectivity index (χ1) is 25.0. The first-order valence-electron chi connectivity index (χ1n) is 18.7. The molecule has 0 radical (unpaired) electrons. The van der Waals surface area contributed by atoms with Crippen molar-refractivity contribution in [3.63, 3.8) is 0 Å². The summed E-state index contributed by atoms with van der Waals surface area (Å²) in [6, 6.07) is 7.43. The van der Waals surface area contributed by atoms with Crippen LogP contribution in [0.3, 0.4) is 0 Å². The van der Waals surface area contributed by atoms with E-state index in [1.54, 1.807) is 12.1 Å². The first kappa shape index (κ1) is 33.0. The Hall–Kier alpha value is -3.65. The molecule has 1 saturated heterocycles. The van der Waals surface area contributed by atoms with Crippen LogP contribution < -0.4 is 9.47 Å². The Bertz CT molecular complexity index is 1890. The molecule has 15 atom stereocenters. The summed E-state index contributed by atoms with van der Waals surface area (Å²) in [7, 11) is 0. The van der Waals surface area contributed by atoms with Gasteiger partial charge in [-0.3, -0.25) is 0 Å². The second-order valence-electron chi connectivity index (χ2n) is 16.4. The van der Waals surface area contributed by atoms with Gasteiger partial charge in [-0.1, -0.05) is 49.3 Å². The van der Waals surface area contributed by atoms with Crippen molar-refractivity contribution in [2.24, 2.45) is 23.7 Å². The van der Waals surface area contributed by atoms with Gasteiger partial charge in [0.15, 0.2) is 35.4 Å². The predicted octanol–water partition coefficient (Wildman–Crippen LogP) is 2.50. The van der Waals surface area contributed by atoms with Gasteiger partial charge in [-0.2, -0.15) is 0 Å². The number of hydrogen-bond acceptors (Lipinski definition) is 11. The summed E-state index contributed by atoms with van der Waals surface area (Å²) in [5, 5.41) is 70.9. The molecule has 0 aromatic heterocycles. The van der Waals surface area contributed by atoms with Gasteiger partial charge in [0.1, 0.15) is 42.7 Å². The van der Waals surface area contributed by atoms with Crippen LogP contribution in [0.2, 0.25) is 0 Å². The number of ether oxygens (including phenoxy) is 4. The summed E-state index contributed by atoms with van der Waals surface area (Å²) >= 11 is 0. The van der Waals surface area contributed by atoms with Gasteiger partial charge >= 0.3 is 5.97 Å². The normalized spacial score (nSPS) is 44.7. The third-order valence-electron chi connectivity index (χ3n) is 14.1. The van der Waals surface area contributed by atoms with Gasteiger partial charge in [0, 0.05) is 22.0 Å². The van der Waals surface area contributed by atoms with Crippen LogP contribution in [0, 0.1) is 23.7 Å². The molecule has 2 saturated carbocycles. The molecule has 3 aliphatic heterocycles. The maximum atomic E-state index is 11.5. The third-order valence-corrected chi connectivity index (χ3v) is 14.1. The van der Waals surface area contributed by atoms with Crippen molar-refractivity contribution in [2.75, 3.05) is 0 Å². The number of carboxylic acid groups (broad SMARTS) is 1. The van der Waals surface area contributed by atoms with Crippen LogP contribution in [-0.4, -0.2) is 96.8 Å². The van der Waals surface area contributed by atoms with Crippen molar-refractivity contribution in [1.82, 2.24) is 0 Å². The van der Waals surface area contributed by atoms with Gasteiger partial charge in [-0.05, 0) is 85.5 Å². The van der Waals surface area contributed by atoms with Crippen LogP contribution in [0.4, 0.5) is 0 Å². The minimum atomic E-state index is -1.78. The Morgan fingerprint density at radius 1 is 0.712 bits per heavy atom. The Labute approximate surface area is 299 Å². The minimum absolute atomic E-state index is 0.0764. The maximum Gasteiger partial charge on any atom is 0.335 e. The number of hydrogen-bond donors (Lipinski definition) is 7. The van der Waals surface area contributed by atoms with Crippen LogP contribution in [0.5, 0.6) is 23.0 Å². The van der Waals surface area contributed by atoms with Crippen LogP contribution in [0.1, 0.15) is 60.8 Å². The molecule has 3 fully saturated rings. The quantitative estimate of drug-likeness (QED) is 0.230. The Morgan fingerprint density at radius 2 is 1.27 bits per heavy atom. The molecule has 0 unspecified atom stereocenters. The molecule has 3 heterocycles. The van der Waals surface area contributed by atoms with Crippen molar-refractivity contribution in [3.8, 4) is 23.0 Å². The van der Waals surface area contributed by atoms with Crippen LogP contribution >= 0.6 is 0 Å². The Kier molecular flexibility index (Phi) is 7.24. The maximum absolute atomic E-state index is 11.5. The average Bonchev–Trinajstić information content (AvgIpc) is 3.66. The zero-order chi connectivity index (χ0) is 35.8. The number of aliphatic hydroxyl groups excluding tert-OH is 4. The number of aliphatic carboxylic acids is 1. The average molecular weight is 717 g/mol. The van der Waals surface area contributed by atoms with Gasteiger partial charge < -0.3 is 54.7 Å². The molecule has 276 valence electrons. The zero-order valence-corrected chi connectivity index (χ0v) is 28.5. The van der Waals surface area contributed by atoms with Gasteiger partial charge in [-0.25, -0.2) is 4.79 Å². The topological polar surface area (TPSA) is 196 Å². The van der Waals surface area contributed by atoms with E-state index in [0.717, 1.165) is 44.1 Å². The molecule has 7 N–H and O–H groups in total. The smallest absolute Gasteiger partial charge is 0.335 e. The van der Waals surface area contributed by atoms with Crippen LogP contribution in [0.25, 0.3) is 0 Å². The highest BCUT2D eigenvalue weighted by Crippen LogP contribution is 2.66. The fourth-order valence-corrected chi connectivity index (χ4v) is 12.2. The molecule has 0 amide bonds. The molecule has 12 nitrogen and oxygen atoms in total. The Morgan fingerprint density at radius 3 is 1.87 bits per heavy atom. The number of phenols is 2. The van der Waals surface area contributed by atoms with Crippen molar-refractivity contribution < 1.29 is 59.5 Å². The summed E-state index contributed by atoms with van der Waals surface area (Å²) in [6.07, 6.45) is 6.24. The molecule has 12 heteroatoms.